The molecule has 0 spiro atoms. The molecule has 0 fully saturated rings. The zero-order valence-electron chi connectivity index (χ0n) is 13.5. The molecule has 0 saturated carbocycles. The Morgan fingerprint density at radius 1 is 1.24 bits per heavy atom. The van der Waals surface area contributed by atoms with Gasteiger partial charge in [0.25, 0.3) is 0 Å². The first-order valence-corrected chi connectivity index (χ1v) is 8.00. The van der Waals surface area contributed by atoms with Gasteiger partial charge in [0, 0.05) is 18.2 Å². The number of para-hydroxylation sites is 1. The molecule has 6 nitrogen and oxygen atoms in total. The Labute approximate surface area is 155 Å². The number of nitrogens with two attached hydrogens (primary N) is 1. The average molecular weight is 378 g/mol. The summed E-state index contributed by atoms with van der Waals surface area (Å²) in [6, 6.07) is 7.89. The van der Waals surface area contributed by atoms with E-state index < -0.39 is 6.03 Å². The highest BCUT2D eigenvalue weighted by Gasteiger charge is 2.20. The summed E-state index contributed by atoms with van der Waals surface area (Å²) >= 11 is 11.3. The Balaban J connectivity index is 2.61. The molecule has 0 unspecified atom stereocenters. The van der Waals surface area contributed by atoms with Crippen LogP contribution in [0.5, 0.6) is 5.75 Å². The number of primary amides is 1. The molecule has 0 aliphatic heterocycles. The number of benzene rings is 2. The van der Waals surface area contributed by atoms with Crippen LogP contribution in [0.1, 0.15) is 18.1 Å². The molecule has 5 N–H and O–H groups in total. The van der Waals surface area contributed by atoms with E-state index in [0.717, 1.165) is 0 Å². The Kier molecular flexibility index (Phi) is 5.61. The van der Waals surface area contributed by atoms with Crippen molar-refractivity contribution < 1.29 is 14.7 Å². The van der Waals surface area contributed by atoms with Crippen molar-refractivity contribution >= 4 is 46.4 Å². The molecule has 0 atom stereocenters. The van der Waals surface area contributed by atoms with Crippen LogP contribution in [0.4, 0.5) is 10.5 Å². The summed E-state index contributed by atoms with van der Waals surface area (Å²) in [6.45, 7) is 3.09. The van der Waals surface area contributed by atoms with Crippen molar-refractivity contribution in [1.29, 1.82) is 0 Å². The van der Waals surface area contributed by atoms with Crippen molar-refractivity contribution in [2.24, 2.45) is 5.73 Å². The monoisotopic (exact) mass is 377 g/mol. The first-order valence-electron chi connectivity index (χ1n) is 7.22. The minimum atomic E-state index is -0.849. The van der Waals surface area contributed by atoms with Gasteiger partial charge in [0.05, 0.1) is 10.6 Å². The minimum absolute atomic E-state index is 0.0696. The van der Waals surface area contributed by atoms with Gasteiger partial charge in [-0.15, -0.1) is 0 Å². The number of hydrogen-bond donors (Lipinski definition) is 4. The van der Waals surface area contributed by atoms with E-state index in [1.54, 1.807) is 37.3 Å². The van der Waals surface area contributed by atoms with E-state index in [9.17, 15) is 14.7 Å². The Bertz CT molecular complexity index is 884. The number of halogens is 1. The summed E-state index contributed by atoms with van der Waals surface area (Å²) in [5, 5.41) is 15.6. The van der Waals surface area contributed by atoms with Crippen LogP contribution < -0.4 is 16.4 Å². The largest absolute Gasteiger partial charge is 0.507 e. The summed E-state index contributed by atoms with van der Waals surface area (Å²) in [7, 11) is 0. The van der Waals surface area contributed by atoms with Gasteiger partial charge in [0.1, 0.15) is 10.7 Å². The highest BCUT2D eigenvalue weighted by Crippen LogP contribution is 2.39. The van der Waals surface area contributed by atoms with Gasteiger partial charge in [-0.05, 0) is 30.2 Å². The summed E-state index contributed by atoms with van der Waals surface area (Å²) < 4.78 is 0. The second-order valence-electron chi connectivity index (χ2n) is 5.30. The van der Waals surface area contributed by atoms with Crippen LogP contribution in [-0.4, -0.2) is 22.0 Å². The molecule has 0 saturated heterocycles. The second kappa shape index (κ2) is 7.50. The lowest BCUT2D eigenvalue weighted by Crippen LogP contribution is -2.34. The molecule has 2 aromatic rings. The van der Waals surface area contributed by atoms with Crippen molar-refractivity contribution in [2.45, 2.75) is 13.8 Å². The number of rotatable bonds is 3. The number of hydrogen-bond acceptors (Lipinski definition) is 4. The number of thiocarbonyl (C=S) groups is 1. The van der Waals surface area contributed by atoms with E-state index >= 15 is 0 Å². The minimum Gasteiger partial charge on any atom is -0.507 e. The predicted octanol–water partition coefficient (Wildman–Crippen LogP) is 3.32. The lowest BCUT2D eigenvalue weighted by Gasteiger charge is -2.17. The summed E-state index contributed by atoms with van der Waals surface area (Å²) in [5.74, 6) is -0.386. The maximum absolute atomic E-state index is 11.4. The van der Waals surface area contributed by atoms with Crippen LogP contribution in [-0.2, 0) is 4.79 Å². The lowest BCUT2D eigenvalue weighted by atomic mass is 9.95. The number of phenolic OH excluding ortho intramolecular Hbond substituents is 1. The van der Waals surface area contributed by atoms with Gasteiger partial charge in [-0.3, -0.25) is 10.1 Å². The van der Waals surface area contributed by atoms with Crippen molar-refractivity contribution in [3.63, 3.8) is 0 Å². The highest BCUT2D eigenvalue weighted by atomic mass is 35.5. The highest BCUT2D eigenvalue weighted by molar-refractivity contribution is 7.80. The molecule has 2 rings (SSSR count). The number of nitrogens with one attached hydrogen (secondary N) is 2. The van der Waals surface area contributed by atoms with Gasteiger partial charge in [-0.25, -0.2) is 4.79 Å². The standard InChI is InChI=1S/C17H16ClN3O3S/c1-8-11(10-5-3-4-6-13(10)20-9(2)22)7-12(18)14(15(8)23)16(25)21-17(19)24/h3-7,23H,1-2H3,(H,20,22)(H3,19,21,24,25). The van der Waals surface area contributed by atoms with E-state index in [-0.39, 0.29) is 27.2 Å². The molecular formula is C17H16ClN3O3S. The average Bonchev–Trinajstić information content (AvgIpc) is 2.50. The topological polar surface area (TPSA) is 104 Å². The number of carbonyl (C=O) groups excluding carboxylic acids is 2. The number of aromatic hydroxyl groups is 1. The number of anilines is 1. The normalized spacial score (nSPS) is 10.2. The Morgan fingerprint density at radius 2 is 1.88 bits per heavy atom. The van der Waals surface area contributed by atoms with E-state index in [1.165, 1.54) is 6.92 Å². The summed E-state index contributed by atoms with van der Waals surface area (Å²) in [4.78, 5) is 22.3. The van der Waals surface area contributed by atoms with E-state index in [4.69, 9.17) is 29.6 Å². The smallest absolute Gasteiger partial charge is 0.317 e. The zero-order chi connectivity index (χ0) is 18.7. The van der Waals surface area contributed by atoms with Crippen molar-refractivity contribution in [2.75, 3.05) is 5.32 Å². The molecule has 3 amide bonds. The Hall–Kier alpha value is -2.64. The lowest BCUT2D eigenvalue weighted by molar-refractivity contribution is -0.114. The molecule has 0 radical (unpaired) electrons. The first kappa shape index (κ1) is 18.7. The fourth-order valence-corrected chi connectivity index (χ4v) is 3.08. The fraction of sp³-hybridized carbons (Fsp3) is 0.118. The molecule has 0 heterocycles. The van der Waals surface area contributed by atoms with Crippen LogP contribution >= 0.6 is 23.8 Å². The maximum atomic E-state index is 11.4. The van der Waals surface area contributed by atoms with Crippen molar-refractivity contribution in [3.05, 3.63) is 46.5 Å². The molecule has 25 heavy (non-hydrogen) atoms. The third-order valence-corrected chi connectivity index (χ3v) is 4.10. The molecule has 0 bridgehead atoms. The molecule has 130 valence electrons. The van der Waals surface area contributed by atoms with Crippen molar-refractivity contribution in [1.82, 2.24) is 5.32 Å². The van der Waals surface area contributed by atoms with Crippen LogP contribution in [0.2, 0.25) is 5.02 Å². The molecule has 0 aliphatic carbocycles. The SMILES string of the molecule is CC(=O)Nc1ccccc1-c1cc(Cl)c(C(=S)NC(N)=O)c(O)c1C. The second-order valence-corrected chi connectivity index (χ2v) is 6.12. The molecule has 8 heteroatoms. The number of carbonyl (C=O) groups is 2. The van der Waals surface area contributed by atoms with Gasteiger partial charge < -0.3 is 16.2 Å². The van der Waals surface area contributed by atoms with E-state index in [2.05, 4.69) is 10.6 Å². The van der Waals surface area contributed by atoms with Gasteiger partial charge in [-0.1, -0.05) is 42.0 Å². The van der Waals surface area contributed by atoms with Crippen LogP contribution in [0, 0.1) is 6.92 Å². The quantitative estimate of drug-likeness (QED) is 0.616. The van der Waals surface area contributed by atoms with Gasteiger partial charge >= 0.3 is 6.03 Å². The van der Waals surface area contributed by atoms with Crippen LogP contribution in [0.25, 0.3) is 11.1 Å². The van der Waals surface area contributed by atoms with Gasteiger partial charge in [0.15, 0.2) is 0 Å². The molecule has 0 aromatic heterocycles. The number of urea groups is 1. The third-order valence-electron chi connectivity index (χ3n) is 3.50. The van der Waals surface area contributed by atoms with Gasteiger partial charge in [-0.2, -0.15) is 0 Å². The van der Waals surface area contributed by atoms with Crippen LogP contribution in [0.15, 0.2) is 30.3 Å². The molecule has 2 aromatic carbocycles. The van der Waals surface area contributed by atoms with Gasteiger partial charge in [0.2, 0.25) is 5.91 Å². The summed E-state index contributed by atoms with van der Waals surface area (Å²) in [6.07, 6.45) is 0. The van der Waals surface area contributed by atoms with E-state index in [1.807, 2.05) is 0 Å². The zero-order valence-corrected chi connectivity index (χ0v) is 15.1. The molecular weight excluding hydrogens is 362 g/mol. The van der Waals surface area contributed by atoms with E-state index in [0.29, 0.717) is 22.4 Å². The maximum Gasteiger partial charge on any atom is 0.317 e. The fourth-order valence-electron chi connectivity index (χ4n) is 2.42. The molecule has 0 aliphatic rings. The summed E-state index contributed by atoms with van der Waals surface area (Å²) in [5.41, 5.74) is 7.56. The number of phenols is 1. The van der Waals surface area contributed by atoms with Crippen molar-refractivity contribution in [3.8, 4) is 16.9 Å². The van der Waals surface area contributed by atoms with Crippen LogP contribution in [0.3, 0.4) is 0 Å². The third kappa shape index (κ3) is 4.07. The predicted molar refractivity (Wildman–Crippen MR) is 102 cm³/mol. The first-order chi connectivity index (χ1) is 11.7. The Morgan fingerprint density at radius 3 is 2.48 bits per heavy atom. The number of amides is 3.